The summed E-state index contributed by atoms with van der Waals surface area (Å²) in [5.74, 6) is 0.558. The lowest BCUT2D eigenvalue weighted by atomic mass is 10.0. The molecule has 3 aromatic carbocycles. The number of anilines is 1. The van der Waals surface area contributed by atoms with E-state index < -0.39 is 0 Å². The van der Waals surface area contributed by atoms with Crippen LogP contribution >= 0.6 is 11.8 Å². The van der Waals surface area contributed by atoms with Gasteiger partial charge >= 0.3 is 0 Å². The smallest absolute Gasteiger partial charge is 0.251 e. The highest BCUT2D eigenvalue weighted by molar-refractivity contribution is 7.99. The summed E-state index contributed by atoms with van der Waals surface area (Å²) in [6, 6.07) is 20.9. The molecule has 37 heavy (non-hydrogen) atoms. The molecule has 7 nitrogen and oxygen atoms in total. The highest BCUT2D eigenvalue weighted by Gasteiger charge is 2.26. The van der Waals surface area contributed by atoms with Gasteiger partial charge in [-0.05, 0) is 36.4 Å². The third-order valence-corrected chi connectivity index (χ3v) is 6.97. The Morgan fingerprint density at radius 1 is 1.03 bits per heavy atom. The number of fused-ring (bicyclic) bond motifs is 1. The van der Waals surface area contributed by atoms with Gasteiger partial charge in [0.15, 0.2) is 11.0 Å². The predicted molar refractivity (Wildman–Crippen MR) is 150 cm³/mol. The third-order valence-electron chi connectivity index (χ3n) is 6.00. The third kappa shape index (κ3) is 6.27. The highest BCUT2D eigenvalue weighted by atomic mass is 32.2. The number of benzene rings is 3. The summed E-state index contributed by atoms with van der Waals surface area (Å²) in [7, 11) is 0. The molecule has 190 valence electrons. The average molecular weight is 514 g/mol. The van der Waals surface area contributed by atoms with Crippen molar-refractivity contribution in [3.63, 3.8) is 0 Å². The first-order valence-electron chi connectivity index (χ1n) is 12.2. The zero-order valence-electron chi connectivity index (χ0n) is 21.3. The van der Waals surface area contributed by atoms with E-state index in [1.807, 2.05) is 92.1 Å². The number of allylic oxidation sites excluding steroid dienone is 1. The fourth-order valence-corrected chi connectivity index (χ4v) is 4.80. The number of carbonyl (C=O) groups excluding carboxylic acids is 2. The van der Waals surface area contributed by atoms with Crippen molar-refractivity contribution in [2.24, 2.45) is 5.92 Å². The number of aromatic nitrogens is 3. The Bertz CT molecular complexity index is 1410. The first-order valence-corrected chi connectivity index (χ1v) is 13.2. The van der Waals surface area contributed by atoms with Gasteiger partial charge in [0, 0.05) is 23.2 Å². The number of aryl methyl sites for hydroxylation is 1. The van der Waals surface area contributed by atoms with Crippen molar-refractivity contribution in [2.45, 2.75) is 38.5 Å². The van der Waals surface area contributed by atoms with Crippen molar-refractivity contribution in [3.05, 3.63) is 96.3 Å². The Hall–Kier alpha value is -3.91. The molecule has 0 fully saturated rings. The van der Waals surface area contributed by atoms with Gasteiger partial charge in [0.1, 0.15) is 0 Å². The lowest BCUT2D eigenvalue weighted by molar-refractivity contribution is -0.113. The number of amides is 2. The van der Waals surface area contributed by atoms with Crippen LogP contribution in [0.2, 0.25) is 0 Å². The Morgan fingerprint density at radius 3 is 2.49 bits per heavy atom. The number of rotatable bonds is 10. The molecule has 0 radical (unpaired) electrons. The zero-order valence-corrected chi connectivity index (χ0v) is 22.1. The highest BCUT2D eigenvalue weighted by Crippen LogP contribution is 2.27. The van der Waals surface area contributed by atoms with Crippen LogP contribution < -0.4 is 10.6 Å². The van der Waals surface area contributed by atoms with Crippen molar-refractivity contribution in [3.8, 4) is 0 Å². The van der Waals surface area contributed by atoms with Gasteiger partial charge in [-0.15, -0.1) is 16.8 Å². The van der Waals surface area contributed by atoms with Crippen molar-refractivity contribution in [1.29, 1.82) is 0 Å². The largest absolute Gasteiger partial charge is 0.342 e. The van der Waals surface area contributed by atoms with E-state index in [2.05, 4.69) is 27.4 Å². The number of nitrogens with zero attached hydrogens (tertiary/aromatic N) is 3. The number of hydrogen-bond donors (Lipinski definition) is 2. The summed E-state index contributed by atoms with van der Waals surface area (Å²) in [5.41, 5.74) is 2.45. The maximum atomic E-state index is 13.0. The molecular weight excluding hydrogens is 482 g/mol. The van der Waals surface area contributed by atoms with E-state index in [0.29, 0.717) is 23.1 Å². The summed E-state index contributed by atoms with van der Waals surface area (Å²) in [6.07, 6.45) is 1.76. The van der Waals surface area contributed by atoms with Crippen LogP contribution in [0, 0.1) is 12.8 Å². The van der Waals surface area contributed by atoms with Crippen LogP contribution in [0.15, 0.2) is 84.5 Å². The Labute approximate surface area is 221 Å². The second-order valence-corrected chi connectivity index (χ2v) is 10.1. The first-order chi connectivity index (χ1) is 17.9. The van der Waals surface area contributed by atoms with Gasteiger partial charge in [-0.2, -0.15) is 0 Å². The van der Waals surface area contributed by atoms with E-state index in [4.69, 9.17) is 0 Å². The molecule has 0 saturated carbocycles. The minimum Gasteiger partial charge on any atom is -0.342 e. The summed E-state index contributed by atoms with van der Waals surface area (Å²) in [5, 5.41) is 17.5. The molecule has 0 aliphatic heterocycles. The van der Waals surface area contributed by atoms with Crippen molar-refractivity contribution in [1.82, 2.24) is 20.1 Å². The molecule has 1 heterocycles. The topological polar surface area (TPSA) is 88.9 Å². The van der Waals surface area contributed by atoms with E-state index in [9.17, 15) is 9.59 Å². The Balaban J connectivity index is 1.49. The lowest BCUT2D eigenvalue weighted by Crippen LogP contribution is -2.33. The van der Waals surface area contributed by atoms with E-state index in [-0.39, 0.29) is 29.5 Å². The summed E-state index contributed by atoms with van der Waals surface area (Å²) in [6.45, 7) is 10.4. The second-order valence-electron chi connectivity index (χ2n) is 9.16. The average Bonchev–Trinajstić information content (AvgIpc) is 3.28. The molecule has 2 amide bonds. The van der Waals surface area contributed by atoms with Gasteiger partial charge in [0.05, 0.1) is 11.8 Å². The summed E-state index contributed by atoms with van der Waals surface area (Å²) >= 11 is 1.30. The standard InChI is InChI=1S/C29H31N5O2S/c1-5-17-34-27(26(19(2)3)31-28(36)22-15-13-20(4)14-16-22)32-33-29(34)37-18-25(35)30-24-12-8-10-21-9-6-7-11-23(21)24/h5-16,19,26H,1,17-18H2,2-4H3,(H,30,35)(H,31,36)/t26-/m0/s1. The van der Waals surface area contributed by atoms with E-state index in [0.717, 1.165) is 22.0 Å². The van der Waals surface area contributed by atoms with Crippen LogP contribution in [0.4, 0.5) is 5.69 Å². The minimum atomic E-state index is -0.361. The van der Waals surface area contributed by atoms with Crippen LogP contribution in [-0.4, -0.2) is 32.3 Å². The minimum absolute atomic E-state index is 0.0645. The predicted octanol–water partition coefficient (Wildman–Crippen LogP) is 5.78. The molecule has 0 saturated heterocycles. The molecule has 0 unspecified atom stereocenters. The number of hydrogen-bond acceptors (Lipinski definition) is 5. The quantitative estimate of drug-likeness (QED) is 0.207. The Morgan fingerprint density at radius 2 is 1.76 bits per heavy atom. The number of thioether (sulfide) groups is 1. The summed E-state index contributed by atoms with van der Waals surface area (Å²) < 4.78 is 1.91. The van der Waals surface area contributed by atoms with Gasteiger partial charge in [-0.25, -0.2) is 0 Å². The van der Waals surface area contributed by atoms with Crippen molar-refractivity contribution < 1.29 is 9.59 Å². The van der Waals surface area contributed by atoms with Crippen LogP contribution in [-0.2, 0) is 11.3 Å². The van der Waals surface area contributed by atoms with Crippen LogP contribution in [0.5, 0.6) is 0 Å². The van der Waals surface area contributed by atoms with Gasteiger partial charge in [0.25, 0.3) is 5.91 Å². The van der Waals surface area contributed by atoms with E-state index >= 15 is 0 Å². The van der Waals surface area contributed by atoms with Gasteiger partial charge in [0.2, 0.25) is 5.91 Å². The SMILES string of the molecule is C=CCn1c(SCC(=O)Nc2cccc3ccccc23)nnc1[C@@H](NC(=O)c1ccc(C)cc1)C(C)C. The van der Waals surface area contributed by atoms with Gasteiger partial charge in [-0.1, -0.05) is 85.8 Å². The monoisotopic (exact) mass is 513 g/mol. The fraction of sp³-hybridized carbons (Fsp3) is 0.241. The molecule has 0 bridgehead atoms. The van der Waals surface area contributed by atoms with Gasteiger partial charge < -0.3 is 15.2 Å². The Kier molecular flexibility index (Phi) is 8.40. The molecule has 0 aliphatic rings. The molecule has 0 spiro atoms. The normalized spacial score (nSPS) is 11.9. The molecule has 8 heteroatoms. The number of nitrogens with one attached hydrogen (secondary N) is 2. The maximum Gasteiger partial charge on any atom is 0.251 e. The molecule has 1 aromatic heterocycles. The molecule has 1 atom stereocenters. The fourth-order valence-electron chi connectivity index (χ4n) is 4.05. The van der Waals surface area contributed by atoms with E-state index in [1.165, 1.54) is 11.8 Å². The summed E-state index contributed by atoms with van der Waals surface area (Å²) in [4.78, 5) is 25.8. The molecular formula is C29H31N5O2S. The number of carbonyl (C=O) groups is 2. The molecule has 0 aliphatic carbocycles. The van der Waals surface area contributed by atoms with Crippen LogP contribution in [0.1, 0.15) is 41.6 Å². The van der Waals surface area contributed by atoms with Crippen LogP contribution in [0.25, 0.3) is 10.8 Å². The van der Waals surface area contributed by atoms with Crippen LogP contribution in [0.3, 0.4) is 0 Å². The molecule has 2 N–H and O–H groups in total. The zero-order chi connectivity index (χ0) is 26.4. The van der Waals surface area contributed by atoms with Crippen molar-refractivity contribution >= 4 is 40.0 Å². The first kappa shape index (κ1) is 26.2. The van der Waals surface area contributed by atoms with E-state index in [1.54, 1.807) is 6.08 Å². The van der Waals surface area contributed by atoms with Gasteiger partial charge in [-0.3, -0.25) is 9.59 Å². The molecule has 4 rings (SSSR count). The maximum absolute atomic E-state index is 13.0. The second kappa shape index (κ2) is 11.9. The van der Waals surface area contributed by atoms with Crippen molar-refractivity contribution in [2.75, 3.05) is 11.1 Å². The molecule has 4 aromatic rings. The lowest BCUT2D eigenvalue weighted by Gasteiger charge is -2.22.